The second kappa shape index (κ2) is 6.80. The summed E-state index contributed by atoms with van der Waals surface area (Å²) in [5.41, 5.74) is 1.16. The number of hydrogen-bond acceptors (Lipinski definition) is 3. The van der Waals surface area contributed by atoms with Gasteiger partial charge in [-0.05, 0) is 37.3 Å². The van der Waals surface area contributed by atoms with Crippen molar-refractivity contribution in [2.24, 2.45) is 11.8 Å². The molecule has 0 aliphatic heterocycles. The van der Waals surface area contributed by atoms with Crippen LogP contribution in [0, 0.1) is 11.8 Å². The number of para-hydroxylation sites is 1. The molecule has 2 atom stereocenters. The van der Waals surface area contributed by atoms with Gasteiger partial charge in [0.25, 0.3) is 0 Å². The van der Waals surface area contributed by atoms with Gasteiger partial charge >= 0.3 is 0 Å². The Kier molecular flexibility index (Phi) is 5.08. The van der Waals surface area contributed by atoms with Gasteiger partial charge in [0.15, 0.2) is 11.5 Å². The highest BCUT2D eigenvalue weighted by Gasteiger charge is 2.20. The van der Waals surface area contributed by atoms with E-state index in [4.69, 9.17) is 9.47 Å². The molecular weight excluding hydrogens is 238 g/mol. The van der Waals surface area contributed by atoms with Gasteiger partial charge in [-0.1, -0.05) is 25.5 Å². The highest BCUT2D eigenvalue weighted by molar-refractivity contribution is 5.46. The molecule has 106 valence electrons. The largest absolute Gasteiger partial charge is 0.493 e. The molecule has 0 radical (unpaired) electrons. The SMILES string of the molecule is COc1cccc(CNCC2CCC(C)C2)c1OC. The normalized spacial score (nSPS) is 22.5. The summed E-state index contributed by atoms with van der Waals surface area (Å²) >= 11 is 0. The van der Waals surface area contributed by atoms with E-state index in [-0.39, 0.29) is 0 Å². The van der Waals surface area contributed by atoms with Gasteiger partial charge in [-0.25, -0.2) is 0 Å². The zero-order chi connectivity index (χ0) is 13.7. The van der Waals surface area contributed by atoms with E-state index in [0.29, 0.717) is 0 Å². The molecule has 19 heavy (non-hydrogen) atoms. The average molecular weight is 263 g/mol. The summed E-state index contributed by atoms with van der Waals surface area (Å²) in [5.74, 6) is 3.39. The average Bonchev–Trinajstić information content (AvgIpc) is 2.84. The van der Waals surface area contributed by atoms with Crippen LogP contribution in [0.25, 0.3) is 0 Å². The summed E-state index contributed by atoms with van der Waals surface area (Å²) in [4.78, 5) is 0. The molecule has 1 N–H and O–H groups in total. The van der Waals surface area contributed by atoms with Crippen molar-refractivity contribution in [1.82, 2.24) is 5.32 Å². The fourth-order valence-electron chi connectivity index (χ4n) is 3.01. The van der Waals surface area contributed by atoms with Gasteiger partial charge in [0.05, 0.1) is 14.2 Å². The lowest BCUT2D eigenvalue weighted by Crippen LogP contribution is -2.21. The van der Waals surface area contributed by atoms with Gasteiger partial charge in [0.1, 0.15) is 0 Å². The van der Waals surface area contributed by atoms with E-state index >= 15 is 0 Å². The minimum Gasteiger partial charge on any atom is -0.493 e. The number of benzene rings is 1. The Hall–Kier alpha value is -1.22. The lowest BCUT2D eigenvalue weighted by Gasteiger charge is -2.15. The standard InChI is InChI=1S/C16H25NO2/c1-12-7-8-13(9-12)10-17-11-14-5-4-6-15(18-2)16(14)19-3/h4-6,12-13,17H,7-11H2,1-3H3. The molecule has 1 aromatic carbocycles. The first-order chi connectivity index (χ1) is 9.24. The number of hydrogen-bond donors (Lipinski definition) is 1. The third-order valence-corrected chi connectivity index (χ3v) is 4.04. The van der Waals surface area contributed by atoms with Gasteiger partial charge in [0.2, 0.25) is 0 Å². The number of rotatable bonds is 6. The quantitative estimate of drug-likeness (QED) is 0.854. The smallest absolute Gasteiger partial charge is 0.165 e. The fraction of sp³-hybridized carbons (Fsp3) is 0.625. The van der Waals surface area contributed by atoms with Crippen LogP contribution in [0.5, 0.6) is 11.5 Å². The maximum atomic E-state index is 5.44. The van der Waals surface area contributed by atoms with Crippen LogP contribution in [0.4, 0.5) is 0 Å². The third-order valence-electron chi connectivity index (χ3n) is 4.04. The molecule has 1 aliphatic rings. The van der Waals surface area contributed by atoms with Gasteiger partial charge in [0, 0.05) is 12.1 Å². The van der Waals surface area contributed by atoms with Crippen LogP contribution in [-0.2, 0) is 6.54 Å². The zero-order valence-electron chi connectivity index (χ0n) is 12.2. The Balaban J connectivity index is 1.88. The Morgan fingerprint density at radius 3 is 2.68 bits per heavy atom. The molecule has 0 bridgehead atoms. The summed E-state index contributed by atoms with van der Waals surface area (Å²) in [6.45, 7) is 4.29. The van der Waals surface area contributed by atoms with Crippen LogP contribution >= 0.6 is 0 Å². The summed E-state index contributed by atoms with van der Waals surface area (Å²) in [5, 5.41) is 3.55. The summed E-state index contributed by atoms with van der Waals surface area (Å²) in [6, 6.07) is 6.03. The van der Waals surface area contributed by atoms with Crippen LogP contribution in [-0.4, -0.2) is 20.8 Å². The Morgan fingerprint density at radius 2 is 2.05 bits per heavy atom. The Labute approximate surface area is 116 Å². The van der Waals surface area contributed by atoms with Crippen LogP contribution in [0.15, 0.2) is 18.2 Å². The fourth-order valence-corrected chi connectivity index (χ4v) is 3.01. The molecule has 1 saturated carbocycles. The van der Waals surface area contributed by atoms with Crippen molar-refractivity contribution in [2.75, 3.05) is 20.8 Å². The highest BCUT2D eigenvalue weighted by Crippen LogP contribution is 2.31. The van der Waals surface area contributed by atoms with Crippen molar-refractivity contribution >= 4 is 0 Å². The predicted octanol–water partition coefficient (Wildman–Crippen LogP) is 3.23. The lowest BCUT2D eigenvalue weighted by atomic mass is 10.1. The lowest BCUT2D eigenvalue weighted by molar-refractivity contribution is 0.350. The Morgan fingerprint density at radius 1 is 1.21 bits per heavy atom. The van der Waals surface area contributed by atoms with E-state index in [1.165, 1.54) is 19.3 Å². The minimum atomic E-state index is 0.802. The molecule has 0 amide bonds. The van der Waals surface area contributed by atoms with Crippen LogP contribution in [0.1, 0.15) is 31.7 Å². The molecule has 0 aromatic heterocycles. The zero-order valence-corrected chi connectivity index (χ0v) is 12.2. The molecule has 1 fully saturated rings. The molecule has 2 unspecified atom stereocenters. The number of ether oxygens (including phenoxy) is 2. The van der Waals surface area contributed by atoms with Gasteiger partial charge < -0.3 is 14.8 Å². The third kappa shape index (κ3) is 3.63. The highest BCUT2D eigenvalue weighted by atomic mass is 16.5. The maximum absolute atomic E-state index is 5.44. The van der Waals surface area contributed by atoms with Crippen LogP contribution < -0.4 is 14.8 Å². The molecule has 2 rings (SSSR count). The summed E-state index contributed by atoms with van der Waals surface area (Å²) < 4.78 is 10.8. The van der Waals surface area contributed by atoms with Crippen molar-refractivity contribution < 1.29 is 9.47 Å². The van der Waals surface area contributed by atoms with Crippen molar-refractivity contribution in [3.63, 3.8) is 0 Å². The molecule has 1 aliphatic carbocycles. The van der Waals surface area contributed by atoms with Crippen molar-refractivity contribution in [1.29, 1.82) is 0 Å². The second-order valence-corrected chi connectivity index (χ2v) is 5.57. The first-order valence-electron chi connectivity index (χ1n) is 7.15. The first-order valence-corrected chi connectivity index (χ1v) is 7.15. The first kappa shape index (κ1) is 14.2. The molecule has 0 heterocycles. The predicted molar refractivity (Wildman–Crippen MR) is 77.8 cm³/mol. The van der Waals surface area contributed by atoms with E-state index in [0.717, 1.165) is 42.0 Å². The maximum Gasteiger partial charge on any atom is 0.165 e. The molecular formula is C16H25NO2. The molecule has 0 spiro atoms. The number of methoxy groups -OCH3 is 2. The number of nitrogens with one attached hydrogen (secondary N) is 1. The van der Waals surface area contributed by atoms with Crippen LogP contribution in [0.3, 0.4) is 0 Å². The van der Waals surface area contributed by atoms with E-state index in [9.17, 15) is 0 Å². The Bertz CT molecular complexity index is 406. The second-order valence-electron chi connectivity index (χ2n) is 5.57. The van der Waals surface area contributed by atoms with E-state index in [1.54, 1.807) is 14.2 Å². The summed E-state index contributed by atoms with van der Waals surface area (Å²) in [6.07, 6.45) is 4.11. The molecule has 0 saturated heterocycles. The van der Waals surface area contributed by atoms with Gasteiger partial charge in [-0.3, -0.25) is 0 Å². The van der Waals surface area contributed by atoms with Crippen molar-refractivity contribution in [3.8, 4) is 11.5 Å². The molecule has 3 nitrogen and oxygen atoms in total. The van der Waals surface area contributed by atoms with E-state index < -0.39 is 0 Å². The topological polar surface area (TPSA) is 30.5 Å². The summed E-state index contributed by atoms with van der Waals surface area (Å²) in [7, 11) is 3.37. The minimum absolute atomic E-state index is 0.802. The van der Waals surface area contributed by atoms with Gasteiger partial charge in [-0.15, -0.1) is 0 Å². The monoisotopic (exact) mass is 263 g/mol. The van der Waals surface area contributed by atoms with Crippen LogP contribution in [0.2, 0.25) is 0 Å². The van der Waals surface area contributed by atoms with E-state index in [1.807, 2.05) is 12.1 Å². The van der Waals surface area contributed by atoms with Crippen molar-refractivity contribution in [2.45, 2.75) is 32.7 Å². The van der Waals surface area contributed by atoms with Crippen molar-refractivity contribution in [3.05, 3.63) is 23.8 Å². The molecule has 3 heteroatoms. The molecule has 1 aromatic rings. The van der Waals surface area contributed by atoms with Gasteiger partial charge in [-0.2, -0.15) is 0 Å². The van der Waals surface area contributed by atoms with E-state index in [2.05, 4.69) is 18.3 Å².